The van der Waals surface area contributed by atoms with Crippen LogP contribution in [0.2, 0.25) is 5.02 Å². The van der Waals surface area contributed by atoms with Gasteiger partial charge < -0.3 is 10.4 Å². The number of benzene rings is 1. The number of aryl methyl sites for hydroxylation is 1. The number of carbonyl (C=O) groups is 1. The summed E-state index contributed by atoms with van der Waals surface area (Å²) in [6, 6.07) is 4.59. The van der Waals surface area contributed by atoms with Crippen molar-refractivity contribution in [2.24, 2.45) is 7.05 Å². The second-order valence-electron chi connectivity index (χ2n) is 5.77. The van der Waals surface area contributed by atoms with Gasteiger partial charge in [-0.2, -0.15) is 14.9 Å². The SMILES string of the molecule is [2H]c1c(-c2ccc(Cl)cc2)nn(-c2cnn(C)c2)c(=O)c1C(=O)N[C@@H](C)C([2H])([2H])O. The van der Waals surface area contributed by atoms with Crippen molar-refractivity contribution in [2.45, 2.75) is 13.0 Å². The number of nitrogens with one attached hydrogen (secondary N) is 1. The summed E-state index contributed by atoms with van der Waals surface area (Å²) in [6.07, 6.45) is 2.89. The van der Waals surface area contributed by atoms with Crippen LogP contribution < -0.4 is 10.9 Å². The Hall–Kier alpha value is -2.97. The molecule has 9 heteroatoms. The zero-order chi connectivity index (χ0) is 22.2. The third kappa shape index (κ3) is 4.07. The number of rotatable bonds is 5. The van der Waals surface area contributed by atoms with Gasteiger partial charge in [0.15, 0.2) is 0 Å². The lowest BCUT2D eigenvalue weighted by Crippen LogP contribution is -2.39. The first-order valence-corrected chi connectivity index (χ1v) is 8.29. The van der Waals surface area contributed by atoms with Crippen molar-refractivity contribution >= 4 is 17.5 Å². The Kier molecular flexibility index (Phi) is 4.33. The number of aliphatic hydroxyl groups is 1. The van der Waals surface area contributed by atoms with E-state index in [2.05, 4.69) is 15.5 Å². The summed E-state index contributed by atoms with van der Waals surface area (Å²) in [4.78, 5) is 25.8. The first-order valence-electron chi connectivity index (χ1n) is 9.41. The van der Waals surface area contributed by atoms with Crippen LogP contribution in [0.5, 0.6) is 0 Å². The number of halogens is 1. The van der Waals surface area contributed by atoms with Crippen LogP contribution in [0.4, 0.5) is 0 Å². The lowest BCUT2D eigenvalue weighted by Gasteiger charge is -2.13. The van der Waals surface area contributed by atoms with Crippen LogP contribution in [0.1, 0.15) is 21.4 Å². The Labute approximate surface area is 164 Å². The topological polar surface area (TPSA) is 102 Å². The molecule has 0 aliphatic heterocycles. The van der Waals surface area contributed by atoms with E-state index in [-0.39, 0.29) is 11.4 Å². The van der Waals surface area contributed by atoms with Crippen LogP contribution in [-0.2, 0) is 7.05 Å². The standard InChI is InChI=1S/C18H18ClN5O3/c1-11(10-25)21-17(26)15-7-16(12-3-5-13(19)6-4-12)22-24(18(15)27)14-8-20-23(2)9-14/h3-9,11,25H,10H2,1-2H3,(H,21,26)/t11-/m0/s1/i7D,10D2. The van der Waals surface area contributed by atoms with Crippen LogP contribution >= 0.6 is 11.6 Å². The molecule has 2 aromatic heterocycles. The molecule has 0 aliphatic carbocycles. The van der Waals surface area contributed by atoms with Crippen LogP contribution in [0, 0.1) is 0 Å². The van der Waals surface area contributed by atoms with E-state index in [9.17, 15) is 14.7 Å². The maximum atomic E-state index is 13.0. The van der Waals surface area contributed by atoms with Crippen LogP contribution in [0.3, 0.4) is 0 Å². The minimum absolute atomic E-state index is 0.0416. The van der Waals surface area contributed by atoms with E-state index in [0.717, 1.165) is 4.68 Å². The molecule has 2 N–H and O–H groups in total. The highest BCUT2D eigenvalue weighted by molar-refractivity contribution is 6.30. The quantitative estimate of drug-likeness (QED) is 0.685. The average molecular weight is 391 g/mol. The van der Waals surface area contributed by atoms with Gasteiger partial charge in [0.2, 0.25) is 0 Å². The smallest absolute Gasteiger partial charge is 0.284 e. The fraction of sp³-hybridized carbons (Fsp3) is 0.222. The van der Waals surface area contributed by atoms with Crippen LogP contribution in [-0.4, -0.2) is 43.2 Å². The van der Waals surface area contributed by atoms with Gasteiger partial charge in [-0.25, -0.2) is 0 Å². The summed E-state index contributed by atoms with van der Waals surface area (Å²) in [5.41, 5.74) is -0.664. The molecule has 1 aromatic carbocycles. The largest absolute Gasteiger partial charge is 0.394 e. The van der Waals surface area contributed by atoms with Crippen molar-refractivity contribution in [3.63, 3.8) is 0 Å². The molecule has 0 saturated heterocycles. The van der Waals surface area contributed by atoms with Gasteiger partial charge in [-0.3, -0.25) is 14.3 Å². The van der Waals surface area contributed by atoms with Crippen molar-refractivity contribution in [3.05, 3.63) is 63.6 Å². The van der Waals surface area contributed by atoms with Crippen molar-refractivity contribution in [1.29, 1.82) is 0 Å². The summed E-state index contributed by atoms with van der Waals surface area (Å²) in [7, 11) is 1.64. The number of aromatic nitrogens is 4. The molecule has 1 amide bonds. The Morgan fingerprint density at radius 3 is 2.74 bits per heavy atom. The molecule has 0 radical (unpaired) electrons. The average Bonchev–Trinajstić information content (AvgIpc) is 3.08. The van der Waals surface area contributed by atoms with Crippen LogP contribution in [0.25, 0.3) is 16.9 Å². The Morgan fingerprint density at radius 2 is 2.15 bits per heavy atom. The number of hydrogen-bond acceptors (Lipinski definition) is 5. The Bertz CT molecular complexity index is 1160. The van der Waals surface area contributed by atoms with Gasteiger partial charge in [-0.1, -0.05) is 23.7 Å². The molecule has 0 spiro atoms. The zero-order valence-electron chi connectivity index (χ0n) is 17.5. The molecule has 0 saturated carbocycles. The summed E-state index contributed by atoms with van der Waals surface area (Å²) in [5, 5.41) is 20.4. The third-order valence-electron chi connectivity index (χ3n) is 3.67. The summed E-state index contributed by atoms with van der Waals surface area (Å²) in [5.74, 6) is -1.01. The molecule has 0 bridgehead atoms. The Balaban J connectivity index is 2.22. The number of amides is 1. The van der Waals surface area contributed by atoms with E-state index in [1.165, 1.54) is 24.0 Å². The highest BCUT2D eigenvalue weighted by atomic mass is 35.5. The first kappa shape index (κ1) is 15.1. The predicted octanol–water partition coefficient (Wildman–Crippen LogP) is 1.40. The van der Waals surface area contributed by atoms with Gasteiger partial charge in [-0.05, 0) is 25.1 Å². The van der Waals surface area contributed by atoms with Gasteiger partial charge in [0.05, 0.1) is 28.8 Å². The van der Waals surface area contributed by atoms with E-state index < -0.39 is 35.7 Å². The second-order valence-corrected chi connectivity index (χ2v) is 6.21. The van der Waals surface area contributed by atoms with Crippen LogP contribution in [0.15, 0.2) is 47.5 Å². The molecule has 3 aromatic rings. The molecule has 1 atom stereocenters. The van der Waals surface area contributed by atoms with Gasteiger partial charge in [-0.15, -0.1) is 0 Å². The fourth-order valence-corrected chi connectivity index (χ4v) is 2.46. The lowest BCUT2D eigenvalue weighted by molar-refractivity contribution is 0.0920. The molecular formula is C18H18ClN5O3. The number of carbonyl (C=O) groups excluding carboxylic acids is 1. The van der Waals surface area contributed by atoms with E-state index in [0.29, 0.717) is 10.6 Å². The summed E-state index contributed by atoms with van der Waals surface area (Å²) < 4.78 is 25.5. The summed E-state index contributed by atoms with van der Waals surface area (Å²) in [6.45, 7) is -1.48. The highest BCUT2D eigenvalue weighted by Gasteiger charge is 2.19. The second kappa shape index (κ2) is 7.73. The normalized spacial score (nSPS) is 14.1. The van der Waals surface area contributed by atoms with Gasteiger partial charge >= 0.3 is 0 Å². The van der Waals surface area contributed by atoms with Crippen molar-refractivity contribution in [3.8, 4) is 16.9 Å². The molecule has 8 nitrogen and oxygen atoms in total. The zero-order valence-corrected chi connectivity index (χ0v) is 15.2. The van der Waals surface area contributed by atoms with E-state index in [1.54, 1.807) is 31.3 Å². The predicted molar refractivity (Wildman–Crippen MR) is 101 cm³/mol. The third-order valence-corrected chi connectivity index (χ3v) is 3.92. The van der Waals surface area contributed by atoms with E-state index in [4.69, 9.17) is 15.7 Å². The molecule has 0 unspecified atom stereocenters. The first-order chi connectivity index (χ1) is 14.0. The molecule has 2 heterocycles. The van der Waals surface area contributed by atoms with Crippen molar-refractivity contribution in [2.75, 3.05) is 6.56 Å². The minimum atomic E-state index is -2.72. The Morgan fingerprint density at radius 1 is 1.44 bits per heavy atom. The molecule has 0 fully saturated rings. The lowest BCUT2D eigenvalue weighted by atomic mass is 10.1. The number of hydrogen-bond donors (Lipinski definition) is 2. The molecule has 140 valence electrons. The van der Waals surface area contributed by atoms with Gasteiger partial charge in [0.1, 0.15) is 11.3 Å². The highest BCUT2D eigenvalue weighted by Crippen LogP contribution is 2.20. The molecule has 27 heavy (non-hydrogen) atoms. The van der Waals surface area contributed by atoms with E-state index >= 15 is 0 Å². The molecular weight excluding hydrogens is 370 g/mol. The van der Waals surface area contributed by atoms with Crippen molar-refractivity contribution < 1.29 is 14.0 Å². The maximum absolute atomic E-state index is 13.0. The molecule has 0 aliphatic rings. The van der Waals surface area contributed by atoms with Gasteiger partial charge in [0, 0.05) is 23.7 Å². The van der Waals surface area contributed by atoms with E-state index in [1.807, 2.05) is 0 Å². The number of nitrogens with zero attached hydrogens (tertiary/aromatic N) is 4. The van der Waals surface area contributed by atoms with Crippen molar-refractivity contribution in [1.82, 2.24) is 24.9 Å². The maximum Gasteiger partial charge on any atom is 0.284 e. The fourth-order valence-electron chi connectivity index (χ4n) is 2.33. The minimum Gasteiger partial charge on any atom is -0.394 e. The molecule has 3 rings (SSSR count). The summed E-state index contributed by atoms with van der Waals surface area (Å²) >= 11 is 5.92. The van der Waals surface area contributed by atoms with Gasteiger partial charge in [0.25, 0.3) is 11.5 Å². The monoisotopic (exact) mass is 390 g/mol.